The molecule has 2 unspecified atom stereocenters. The zero-order chi connectivity index (χ0) is 20.7. The van der Waals surface area contributed by atoms with E-state index in [4.69, 9.17) is 5.73 Å². The fourth-order valence-corrected chi connectivity index (χ4v) is 3.64. The van der Waals surface area contributed by atoms with Crippen molar-refractivity contribution in [3.63, 3.8) is 0 Å². The van der Waals surface area contributed by atoms with Crippen LogP contribution in [-0.2, 0) is 11.0 Å². The van der Waals surface area contributed by atoms with E-state index in [1.165, 1.54) is 17.4 Å². The van der Waals surface area contributed by atoms with Crippen LogP contribution in [-0.4, -0.2) is 11.9 Å². The monoisotopic (exact) mass is 413 g/mol. The third-order valence-corrected chi connectivity index (χ3v) is 5.11. The van der Waals surface area contributed by atoms with Crippen LogP contribution >= 0.6 is 11.3 Å². The van der Waals surface area contributed by atoms with E-state index in [0.29, 0.717) is 18.4 Å². The number of thiophene rings is 1. The molecule has 0 radical (unpaired) electrons. The molecule has 0 aliphatic heterocycles. The molecule has 1 aromatic carbocycles. The van der Waals surface area contributed by atoms with Gasteiger partial charge in [0.25, 0.3) is 0 Å². The molecule has 1 heterocycles. The van der Waals surface area contributed by atoms with Crippen LogP contribution < -0.4 is 16.4 Å². The number of halogens is 3. The van der Waals surface area contributed by atoms with E-state index >= 15 is 0 Å². The van der Waals surface area contributed by atoms with Gasteiger partial charge in [0.2, 0.25) is 5.91 Å². The number of nitrogens with one attached hydrogen (secondary N) is 2. The predicted octanol–water partition coefficient (Wildman–Crippen LogP) is 4.52. The molecule has 28 heavy (non-hydrogen) atoms. The predicted molar refractivity (Wildman–Crippen MR) is 102 cm³/mol. The minimum Gasteiger partial charge on any atom is -0.352 e. The summed E-state index contributed by atoms with van der Waals surface area (Å²) in [5, 5.41) is 7.12. The Balaban J connectivity index is 2.14. The number of alkyl halides is 3. The van der Waals surface area contributed by atoms with Gasteiger partial charge in [0.15, 0.2) is 0 Å². The maximum absolute atomic E-state index is 13.0. The van der Waals surface area contributed by atoms with Crippen molar-refractivity contribution in [3.8, 4) is 0 Å². The average Bonchev–Trinajstić information content (AvgIpc) is 3.14. The van der Waals surface area contributed by atoms with Crippen LogP contribution in [0.4, 0.5) is 18.0 Å². The molecular formula is C19H22F3N3O2S. The fourth-order valence-electron chi connectivity index (χ4n) is 2.87. The molecule has 1 aromatic heterocycles. The van der Waals surface area contributed by atoms with E-state index in [1.807, 2.05) is 12.3 Å². The van der Waals surface area contributed by atoms with Crippen LogP contribution in [0.2, 0.25) is 0 Å². The molecular weight excluding hydrogens is 391 g/mol. The van der Waals surface area contributed by atoms with Gasteiger partial charge in [-0.1, -0.05) is 31.5 Å². The summed E-state index contributed by atoms with van der Waals surface area (Å²) in [7, 11) is 0. The molecule has 9 heteroatoms. The van der Waals surface area contributed by atoms with Crippen molar-refractivity contribution in [2.45, 2.75) is 44.4 Å². The molecule has 0 bridgehead atoms. The van der Waals surface area contributed by atoms with Crippen LogP contribution in [0.1, 0.15) is 54.3 Å². The molecule has 0 aliphatic rings. The molecule has 0 spiro atoms. The Bertz CT molecular complexity index is 794. The lowest BCUT2D eigenvalue weighted by Crippen LogP contribution is -2.37. The van der Waals surface area contributed by atoms with E-state index in [1.54, 1.807) is 18.2 Å². The van der Waals surface area contributed by atoms with Gasteiger partial charge < -0.3 is 16.4 Å². The lowest BCUT2D eigenvalue weighted by atomic mass is 9.99. The maximum atomic E-state index is 13.0. The maximum Gasteiger partial charge on any atom is 0.416 e. The number of nitrogens with two attached hydrogens (primary N) is 1. The number of carbonyl (C=O) groups is 2. The molecule has 0 fully saturated rings. The number of hydrogen-bond acceptors (Lipinski definition) is 3. The summed E-state index contributed by atoms with van der Waals surface area (Å²) in [5.41, 5.74) is 4.82. The number of primary amides is 1. The number of benzene rings is 1. The van der Waals surface area contributed by atoms with Crippen molar-refractivity contribution in [2.75, 3.05) is 0 Å². The summed E-state index contributed by atoms with van der Waals surface area (Å²) in [6.07, 6.45) is -3.36. The first-order chi connectivity index (χ1) is 13.2. The summed E-state index contributed by atoms with van der Waals surface area (Å²) in [6, 6.07) is 6.60. The summed E-state index contributed by atoms with van der Waals surface area (Å²) in [5.74, 6) is -0.386. The van der Waals surface area contributed by atoms with Crippen LogP contribution in [0.15, 0.2) is 41.8 Å². The van der Waals surface area contributed by atoms with Crippen LogP contribution in [0.3, 0.4) is 0 Å². The van der Waals surface area contributed by atoms with Crippen molar-refractivity contribution >= 4 is 23.3 Å². The summed E-state index contributed by atoms with van der Waals surface area (Å²) >= 11 is 1.37. The van der Waals surface area contributed by atoms with Crippen molar-refractivity contribution in [2.24, 2.45) is 5.73 Å². The quantitative estimate of drug-likeness (QED) is 0.594. The third kappa shape index (κ3) is 6.26. The van der Waals surface area contributed by atoms with E-state index in [0.717, 1.165) is 17.0 Å². The lowest BCUT2D eigenvalue weighted by Gasteiger charge is -2.22. The Labute approximate surface area is 165 Å². The van der Waals surface area contributed by atoms with Crippen LogP contribution in [0.25, 0.3) is 0 Å². The second kappa shape index (κ2) is 9.59. The van der Waals surface area contributed by atoms with Crippen LogP contribution in [0, 0.1) is 0 Å². The third-order valence-electron chi connectivity index (χ3n) is 4.12. The molecule has 2 aromatic rings. The first kappa shape index (κ1) is 21.7. The van der Waals surface area contributed by atoms with E-state index in [2.05, 4.69) is 10.6 Å². The van der Waals surface area contributed by atoms with E-state index in [9.17, 15) is 22.8 Å². The normalized spacial score (nSPS) is 13.6. The standard InChI is InChI=1S/C19H22F3N3O2S/c1-2-5-14(12-6-3-7-13(10-12)19(20,21)22)24-17(26)11-15(25-18(23)27)16-8-4-9-28-16/h3-4,6-10,14-15H,2,5,11H2,1H3,(H,24,26)(H3,23,25,27). The molecule has 0 saturated heterocycles. The molecule has 3 amide bonds. The van der Waals surface area contributed by atoms with Gasteiger partial charge in [0.05, 0.1) is 24.1 Å². The van der Waals surface area contributed by atoms with Gasteiger partial charge in [-0.3, -0.25) is 4.79 Å². The second-order valence-electron chi connectivity index (χ2n) is 6.31. The topological polar surface area (TPSA) is 84.2 Å². The van der Waals surface area contributed by atoms with Crippen molar-refractivity contribution in [3.05, 3.63) is 57.8 Å². The van der Waals surface area contributed by atoms with Gasteiger partial charge in [-0.25, -0.2) is 4.79 Å². The van der Waals surface area contributed by atoms with Gasteiger partial charge in [0, 0.05) is 4.88 Å². The van der Waals surface area contributed by atoms with Crippen molar-refractivity contribution < 1.29 is 22.8 Å². The lowest BCUT2D eigenvalue weighted by molar-refractivity contribution is -0.137. The molecule has 4 N–H and O–H groups in total. The van der Waals surface area contributed by atoms with Crippen molar-refractivity contribution in [1.82, 2.24) is 10.6 Å². The minimum atomic E-state index is -4.45. The zero-order valence-corrected chi connectivity index (χ0v) is 16.1. The first-order valence-corrected chi connectivity index (χ1v) is 9.64. The van der Waals surface area contributed by atoms with Gasteiger partial charge >= 0.3 is 12.2 Å². The Kier molecular flexibility index (Phi) is 7.45. The zero-order valence-electron chi connectivity index (χ0n) is 15.3. The molecule has 2 atom stereocenters. The molecule has 152 valence electrons. The van der Waals surface area contributed by atoms with Gasteiger partial charge in [-0.15, -0.1) is 11.3 Å². The summed E-state index contributed by atoms with van der Waals surface area (Å²) < 4.78 is 39.0. The number of amides is 3. The summed E-state index contributed by atoms with van der Waals surface area (Å²) in [6.45, 7) is 1.88. The first-order valence-electron chi connectivity index (χ1n) is 8.76. The Morgan fingerprint density at radius 1 is 1.14 bits per heavy atom. The highest BCUT2D eigenvalue weighted by Gasteiger charge is 2.31. The van der Waals surface area contributed by atoms with Gasteiger partial charge in [-0.2, -0.15) is 13.2 Å². The highest BCUT2D eigenvalue weighted by atomic mass is 32.1. The number of hydrogen-bond donors (Lipinski definition) is 3. The van der Waals surface area contributed by atoms with E-state index < -0.39 is 29.9 Å². The molecule has 0 saturated carbocycles. The minimum absolute atomic E-state index is 0.0668. The SMILES string of the molecule is CCCC(NC(=O)CC(NC(N)=O)c1cccs1)c1cccc(C(F)(F)F)c1. The number of carbonyl (C=O) groups excluding carboxylic acids is 2. The molecule has 2 rings (SSSR count). The smallest absolute Gasteiger partial charge is 0.352 e. The molecule has 5 nitrogen and oxygen atoms in total. The molecule has 0 aliphatic carbocycles. The van der Waals surface area contributed by atoms with E-state index in [-0.39, 0.29) is 12.3 Å². The summed E-state index contributed by atoms with van der Waals surface area (Å²) in [4.78, 5) is 24.6. The highest BCUT2D eigenvalue weighted by molar-refractivity contribution is 7.10. The van der Waals surface area contributed by atoms with Crippen LogP contribution in [0.5, 0.6) is 0 Å². The largest absolute Gasteiger partial charge is 0.416 e. The van der Waals surface area contributed by atoms with Gasteiger partial charge in [0.1, 0.15) is 0 Å². The highest BCUT2D eigenvalue weighted by Crippen LogP contribution is 2.31. The second-order valence-corrected chi connectivity index (χ2v) is 7.29. The Hall–Kier alpha value is -2.55. The number of rotatable bonds is 8. The van der Waals surface area contributed by atoms with Crippen molar-refractivity contribution in [1.29, 1.82) is 0 Å². The van der Waals surface area contributed by atoms with Gasteiger partial charge in [-0.05, 0) is 35.6 Å². The Morgan fingerprint density at radius 2 is 1.89 bits per heavy atom. The average molecular weight is 413 g/mol. The Morgan fingerprint density at radius 3 is 2.46 bits per heavy atom. The number of urea groups is 1. The fraction of sp³-hybridized carbons (Fsp3) is 0.368.